The summed E-state index contributed by atoms with van der Waals surface area (Å²) < 4.78 is 6.87. The summed E-state index contributed by atoms with van der Waals surface area (Å²) in [4.78, 5) is 2.49. The molecule has 4 aliphatic carbocycles. The van der Waals surface area contributed by atoms with Gasteiger partial charge in [0.15, 0.2) is 5.58 Å². The average molecular weight is 780 g/mol. The molecule has 2 nitrogen and oxygen atoms in total. The van der Waals surface area contributed by atoms with E-state index in [0.717, 1.165) is 33.3 Å². The van der Waals surface area contributed by atoms with E-state index in [0.29, 0.717) is 0 Å². The summed E-state index contributed by atoms with van der Waals surface area (Å²) in [6, 6.07) is 74.1. The van der Waals surface area contributed by atoms with Crippen LogP contribution in [0.1, 0.15) is 70.2 Å². The van der Waals surface area contributed by atoms with E-state index in [1.165, 1.54) is 83.6 Å². The first-order valence-corrected chi connectivity index (χ1v) is 21.5. The van der Waals surface area contributed by atoms with Crippen LogP contribution in [0.2, 0.25) is 0 Å². The Balaban J connectivity index is 1.07. The van der Waals surface area contributed by atoms with Crippen molar-refractivity contribution in [1.82, 2.24) is 0 Å². The largest absolute Gasteiger partial charge is 0.454 e. The number of rotatable bonds is 5. The van der Waals surface area contributed by atoms with Gasteiger partial charge in [-0.15, -0.1) is 0 Å². The Bertz CT molecular complexity index is 3360. The third kappa shape index (κ3) is 4.79. The number of nitrogens with zero attached hydrogens (tertiary/aromatic N) is 1. The van der Waals surface area contributed by atoms with Crippen LogP contribution in [0.3, 0.4) is 0 Å². The van der Waals surface area contributed by atoms with Crippen molar-refractivity contribution in [3.8, 4) is 33.4 Å². The molecule has 4 aliphatic rings. The van der Waals surface area contributed by atoms with Crippen LogP contribution in [0.15, 0.2) is 205 Å². The third-order valence-corrected chi connectivity index (χ3v) is 14.0. The van der Waals surface area contributed by atoms with Crippen LogP contribution in [0.25, 0.3) is 55.3 Å². The summed E-state index contributed by atoms with van der Waals surface area (Å²) in [6.45, 7) is 4.75. The molecule has 1 heterocycles. The molecule has 0 spiro atoms. The summed E-state index contributed by atoms with van der Waals surface area (Å²) in [7, 11) is 0. The predicted molar refractivity (Wildman–Crippen MR) is 252 cm³/mol. The van der Waals surface area contributed by atoms with Gasteiger partial charge in [0.2, 0.25) is 0 Å². The highest BCUT2D eigenvalue weighted by atomic mass is 16.3. The van der Waals surface area contributed by atoms with Gasteiger partial charge in [0.1, 0.15) is 5.58 Å². The molecule has 1 aromatic heterocycles. The highest BCUT2D eigenvalue weighted by Crippen LogP contribution is 2.61. The molecule has 0 amide bonds. The Hall–Kier alpha value is -7.42. The highest BCUT2D eigenvalue weighted by Gasteiger charge is 2.45. The molecule has 288 valence electrons. The molecule has 0 unspecified atom stereocenters. The van der Waals surface area contributed by atoms with Crippen molar-refractivity contribution in [2.24, 2.45) is 0 Å². The van der Waals surface area contributed by atoms with Gasteiger partial charge in [-0.2, -0.15) is 0 Å². The van der Waals surface area contributed by atoms with E-state index in [4.69, 9.17) is 4.42 Å². The molecule has 14 rings (SSSR count). The third-order valence-electron chi connectivity index (χ3n) is 14.0. The number of para-hydroxylation sites is 2. The quantitative estimate of drug-likeness (QED) is 0.173. The van der Waals surface area contributed by atoms with Gasteiger partial charge in [-0.3, -0.25) is 0 Å². The van der Waals surface area contributed by atoms with E-state index in [1.807, 2.05) is 0 Å². The van der Waals surface area contributed by atoms with E-state index in [-0.39, 0.29) is 17.3 Å². The summed E-state index contributed by atoms with van der Waals surface area (Å²) >= 11 is 0. The summed E-state index contributed by atoms with van der Waals surface area (Å²) in [6.07, 6.45) is 0. The molecule has 2 bridgehead atoms. The number of hydrogen-bond donors (Lipinski definition) is 0. The predicted octanol–water partition coefficient (Wildman–Crippen LogP) is 15.7. The fraction of sp³-hybridized carbons (Fsp3) is 0.0847. The molecule has 0 saturated carbocycles. The normalized spacial score (nSPS) is 16.2. The van der Waals surface area contributed by atoms with Crippen molar-refractivity contribution >= 4 is 39.0 Å². The molecule has 9 aromatic carbocycles. The Labute approximate surface area is 356 Å². The van der Waals surface area contributed by atoms with Gasteiger partial charge in [-0.1, -0.05) is 184 Å². The number of fused-ring (bicyclic) bond motifs is 6. The van der Waals surface area contributed by atoms with E-state index < -0.39 is 0 Å². The Morgan fingerprint density at radius 3 is 1.74 bits per heavy atom. The van der Waals surface area contributed by atoms with Crippen molar-refractivity contribution in [2.45, 2.75) is 31.1 Å². The first-order valence-electron chi connectivity index (χ1n) is 21.5. The SMILES string of the molecule is CC1(C)c2ccccc2-c2cccc(-c3ccc(N(c4ccc(-c5ccccc5)c5c4C4c6ccccc6C5c5ccccc54)c4cccc5c4oc4ccccc45)cc3)c21. The molecule has 0 fully saturated rings. The van der Waals surface area contributed by atoms with Gasteiger partial charge in [0.25, 0.3) is 0 Å². The van der Waals surface area contributed by atoms with Crippen molar-refractivity contribution in [3.05, 3.63) is 245 Å². The lowest BCUT2D eigenvalue weighted by molar-refractivity contribution is 0.662. The number of benzene rings is 9. The first-order chi connectivity index (χ1) is 30.1. The zero-order chi connectivity index (χ0) is 40.4. The maximum absolute atomic E-state index is 6.87. The van der Waals surface area contributed by atoms with Crippen LogP contribution in [0, 0.1) is 0 Å². The van der Waals surface area contributed by atoms with Gasteiger partial charge in [0, 0.05) is 33.7 Å². The lowest BCUT2D eigenvalue weighted by Crippen LogP contribution is -2.30. The molecule has 0 atom stereocenters. The molecule has 0 saturated heterocycles. The monoisotopic (exact) mass is 779 g/mol. The maximum Gasteiger partial charge on any atom is 0.159 e. The van der Waals surface area contributed by atoms with Crippen LogP contribution < -0.4 is 4.90 Å². The standard InChI is InChI=1S/C59H41NO/c1-59(2)49-27-12-10-18-41(49)47-25-14-24-40(57(47)59)37-30-32-38(33-31-37)60(51-28-15-26-48-42-19-11-13-29-52(42)61-58(48)51)50-35-34-39(36-16-4-3-5-17-36)55-53-43-20-6-8-22-45(43)54(56(50)55)46-23-9-7-21-44(46)53/h3-35,53-54H,1-2H3. The number of hydrogen-bond acceptors (Lipinski definition) is 2. The minimum absolute atomic E-state index is 0.0541. The molecule has 61 heavy (non-hydrogen) atoms. The number of anilines is 3. The first kappa shape index (κ1) is 34.4. The second-order valence-corrected chi connectivity index (χ2v) is 17.5. The Kier molecular flexibility index (Phi) is 7.22. The molecule has 0 aliphatic heterocycles. The van der Waals surface area contributed by atoms with E-state index in [9.17, 15) is 0 Å². The molecule has 2 heteroatoms. The van der Waals surface area contributed by atoms with E-state index >= 15 is 0 Å². The summed E-state index contributed by atoms with van der Waals surface area (Å²) in [5.41, 5.74) is 23.8. The summed E-state index contributed by atoms with van der Waals surface area (Å²) in [5.74, 6) is 0.153. The number of furan rings is 1. The zero-order valence-electron chi connectivity index (χ0n) is 34.1. The lowest BCUT2D eigenvalue weighted by atomic mass is 9.59. The van der Waals surface area contributed by atoms with Crippen LogP contribution in [0.5, 0.6) is 0 Å². The molecule has 0 radical (unpaired) electrons. The van der Waals surface area contributed by atoms with Crippen molar-refractivity contribution in [3.63, 3.8) is 0 Å². The highest BCUT2D eigenvalue weighted by molar-refractivity contribution is 6.10. The maximum atomic E-state index is 6.87. The van der Waals surface area contributed by atoms with Crippen molar-refractivity contribution in [1.29, 1.82) is 0 Å². The Morgan fingerprint density at radius 1 is 0.410 bits per heavy atom. The van der Waals surface area contributed by atoms with Gasteiger partial charge in [-0.25, -0.2) is 0 Å². The second kappa shape index (κ2) is 12.8. The van der Waals surface area contributed by atoms with Crippen LogP contribution in [-0.2, 0) is 5.41 Å². The zero-order valence-corrected chi connectivity index (χ0v) is 34.1. The topological polar surface area (TPSA) is 16.4 Å². The molecule has 0 N–H and O–H groups in total. The van der Waals surface area contributed by atoms with Crippen LogP contribution >= 0.6 is 0 Å². The fourth-order valence-corrected chi connectivity index (χ4v) is 11.5. The summed E-state index contributed by atoms with van der Waals surface area (Å²) in [5, 5.41) is 2.24. The minimum atomic E-state index is -0.115. The van der Waals surface area contributed by atoms with Crippen LogP contribution in [-0.4, -0.2) is 0 Å². The Morgan fingerprint density at radius 2 is 0.984 bits per heavy atom. The van der Waals surface area contributed by atoms with Gasteiger partial charge < -0.3 is 9.32 Å². The van der Waals surface area contributed by atoms with Gasteiger partial charge in [-0.05, 0) is 108 Å². The average Bonchev–Trinajstić information content (AvgIpc) is 3.82. The smallest absolute Gasteiger partial charge is 0.159 e. The van der Waals surface area contributed by atoms with Gasteiger partial charge in [0.05, 0.1) is 11.4 Å². The van der Waals surface area contributed by atoms with Crippen molar-refractivity contribution < 1.29 is 4.42 Å². The molecular formula is C59H41NO. The van der Waals surface area contributed by atoms with Gasteiger partial charge >= 0.3 is 0 Å². The second-order valence-electron chi connectivity index (χ2n) is 17.5. The van der Waals surface area contributed by atoms with Crippen LogP contribution in [0.4, 0.5) is 17.1 Å². The van der Waals surface area contributed by atoms with Crippen molar-refractivity contribution in [2.75, 3.05) is 4.90 Å². The fourth-order valence-electron chi connectivity index (χ4n) is 11.5. The van der Waals surface area contributed by atoms with E-state index in [1.54, 1.807) is 0 Å². The lowest BCUT2D eigenvalue weighted by Gasteiger charge is -2.45. The van der Waals surface area contributed by atoms with E-state index in [2.05, 4.69) is 219 Å². The molecular weight excluding hydrogens is 739 g/mol. The minimum Gasteiger partial charge on any atom is -0.454 e. The molecule has 10 aromatic rings.